The summed E-state index contributed by atoms with van der Waals surface area (Å²) in [5, 5.41) is 11.4. The van der Waals surface area contributed by atoms with Gasteiger partial charge in [-0.05, 0) is 12.8 Å². The van der Waals surface area contributed by atoms with Crippen LogP contribution in [0.1, 0.15) is 29.2 Å². The predicted octanol–water partition coefficient (Wildman–Crippen LogP) is 1.29. The van der Waals surface area contributed by atoms with Crippen molar-refractivity contribution in [2.75, 3.05) is 0 Å². The summed E-state index contributed by atoms with van der Waals surface area (Å²) in [6.07, 6.45) is 0. The molecule has 0 spiro atoms. The molecule has 16 heavy (non-hydrogen) atoms. The monoisotopic (exact) mass is 242 g/mol. The Kier molecular flexibility index (Phi) is 4.00. The van der Waals surface area contributed by atoms with Gasteiger partial charge < -0.3 is 10.4 Å². The molecule has 5 nitrogen and oxygen atoms in total. The number of rotatable bonds is 4. The van der Waals surface area contributed by atoms with Gasteiger partial charge in [-0.1, -0.05) is 13.8 Å². The molecule has 1 aromatic rings. The second-order valence-corrected chi connectivity index (χ2v) is 4.66. The lowest BCUT2D eigenvalue weighted by atomic mass is 10.0. The molecule has 1 heterocycles. The molecule has 0 saturated heterocycles. The SMILES string of the molecule is Cc1ncsc1C(=O)NC(C(=O)O)C(C)C. The Hall–Kier alpha value is -1.43. The van der Waals surface area contributed by atoms with Crippen LogP contribution in [0.2, 0.25) is 0 Å². The quantitative estimate of drug-likeness (QED) is 0.833. The number of hydrogen-bond donors (Lipinski definition) is 2. The third-order valence-electron chi connectivity index (χ3n) is 2.17. The number of carboxylic acids is 1. The molecular weight excluding hydrogens is 228 g/mol. The molecule has 1 atom stereocenters. The molecule has 1 unspecified atom stereocenters. The Bertz CT molecular complexity index is 401. The zero-order valence-electron chi connectivity index (χ0n) is 9.35. The second-order valence-electron chi connectivity index (χ2n) is 3.80. The Morgan fingerprint density at radius 3 is 2.50 bits per heavy atom. The Morgan fingerprint density at radius 1 is 1.50 bits per heavy atom. The molecule has 0 aliphatic rings. The molecule has 6 heteroatoms. The molecule has 2 N–H and O–H groups in total. The van der Waals surface area contributed by atoms with Crippen molar-refractivity contribution in [1.82, 2.24) is 10.3 Å². The summed E-state index contributed by atoms with van der Waals surface area (Å²) in [5.74, 6) is -1.55. The summed E-state index contributed by atoms with van der Waals surface area (Å²) in [6, 6.07) is -0.867. The largest absolute Gasteiger partial charge is 0.480 e. The van der Waals surface area contributed by atoms with Crippen molar-refractivity contribution in [3.8, 4) is 0 Å². The molecule has 1 rings (SSSR count). The highest BCUT2D eigenvalue weighted by atomic mass is 32.1. The molecule has 1 amide bonds. The summed E-state index contributed by atoms with van der Waals surface area (Å²) in [7, 11) is 0. The number of aromatic nitrogens is 1. The van der Waals surface area contributed by atoms with Crippen LogP contribution in [0.25, 0.3) is 0 Å². The van der Waals surface area contributed by atoms with Crippen molar-refractivity contribution in [3.63, 3.8) is 0 Å². The lowest BCUT2D eigenvalue weighted by molar-refractivity contribution is -0.140. The molecular formula is C10H14N2O3S. The Labute approximate surface area is 97.5 Å². The molecule has 88 valence electrons. The van der Waals surface area contributed by atoms with Crippen LogP contribution in [-0.2, 0) is 4.79 Å². The first kappa shape index (κ1) is 12.6. The fraction of sp³-hybridized carbons (Fsp3) is 0.500. The Morgan fingerprint density at radius 2 is 2.12 bits per heavy atom. The summed E-state index contributed by atoms with van der Waals surface area (Å²) >= 11 is 1.21. The van der Waals surface area contributed by atoms with Gasteiger partial charge in [-0.2, -0.15) is 0 Å². The highest BCUT2D eigenvalue weighted by Crippen LogP contribution is 2.13. The molecule has 0 aliphatic carbocycles. The standard InChI is InChI=1S/C10H14N2O3S/c1-5(2)7(10(14)15)12-9(13)8-6(3)11-4-16-8/h4-5,7H,1-3H3,(H,12,13)(H,14,15). The van der Waals surface area contributed by atoms with Gasteiger partial charge in [0.2, 0.25) is 0 Å². The maximum atomic E-state index is 11.7. The van der Waals surface area contributed by atoms with E-state index in [1.54, 1.807) is 26.3 Å². The van der Waals surface area contributed by atoms with Crippen LogP contribution in [0.5, 0.6) is 0 Å². The maximum Gasteiger partial charge on any atom is 0.326 e. The maximum absolute atomic E-state index is 11.7. The first-order valence-electron chi connectivity index (χ1n) is 4.87. The smallest absolute Gasteiger partial charge is 0.326 e. The number of hydrogen-bond acceptors (Lipinski definition) is 4. The van der Waals surface area contributed by atoms with E-state index < -0.39 is 12.0 Å². The Balaban J connectivity index is 2.77. The number of aliphatic carboxylic acids is 1. The summed E-state index contributed by atoms with van der Waals surface area (Å²) < 4.78 is 0. The van der Waals surface area contributed by atoms with Crippen LogP contribution >= 0.6 is 11.3 Å². The lowest BCUT2D eigenvalue weighted by Crippen LogP contribution is -2.44. The number of nitrogens with zero attached hydrogens (tertiary/aromatic N) is 1. The minimum absolute atomic E-state index is 0.158. The highest BCUT2D eigenvalue weighted by Gasteiger charge is 2.25. The number of amides is 1. The molecule has 0 aromatic carbocycles. The number of nitrogens with one attached hydrogen (secondary N) is 1. The van der Waals surface area contributed by atoms with E-state index in [1.807, 2.05) is 0 Å². The van der Waals surface area contributed by atoms with Crippen molar-refractivity contribution in [2.45, 2.75) is 26.8 Å². The number of carboxylic acid groups (broad SMARTS) is 1. The van der Waals surface area contributed by atoms with E-state index in [9.17, 15) is 9.59 Å². The van der Waals surface area contributed by atoms with Gasteiger partial charge in [0.1, 0.15) is 10.9 Å². The van der Waals surface area contributed by atoms with Crippen LogP contribution < -0.4 is 5.32 Å². The zero-order chi connectivity index (χ0) is 12.3. The van der Waals surface area contributed by atoms with Gasteiger partial charge in [-0.3, -0.25) is 4.79 Å². The number of thiazole rings is 1. The fourth-order valence-electron chi connectivity index (χ4n) is 1.24. The average Bonchev–Trinajstić information content (AvgIpc) is 2.59. The first-order chi connectivity index (χ1) is 7.43. The van der Waals surface area contributed by atoms with E-state index in [2.05, 4.69) is 10.3 Å². The molecule has 0 bridgehead atoms. The third-order valence-corrected chi connectivity index (χ3v) is 3.10. The first-order valence-corrected chi connectivity index (χ1v) is 5.75. The molecule has 0 fully saturated rings. The normalized spacial score (nSPS) is 12.5. The zero-order valence-corrected chi connectivity index (χ0v) is 10.2. The number of aryl methyl sites for hydroxylation is 1. The lowest BCUT2D eigenvalue weighted by Gasteiger charge is -2.17. The minimum atomic E-state index is -1.02. The minimum Gasteiger partial charge on any atom is -0.480 e. The van der Waals surface area contributed by atoms with Crippen molar-refractivity contribution in [1.29, 1.82) is 0 Å². The van der Waals surface area contributed by atoms with Crippen LogP contribution in [-0.4, -0.2) is 28.0 Å². The number of carbonyl (C=O) groups excluding carboxylic acids is 1. The summed E-state index contributed by atoms with van der Waals surface area (Å²) in [4.78, 5) is 27.1. The number of carbonyl (C=O) groups is 2. The third kappa shape index (κ3) is 2.79. The molecule has 0 radical (unpaired) electrons. The van der Waals surface area contributed by atoms with Crippen LogP contribution in [0, 0.1) is 12.8 Å². The van der Waals surface area contributed by atoms with Crippen LogP contribution in [0.4, 0.5) is 0 Å². The van der Waals surface area contributed by atoms with Crippen molar-refractivity contribution >= 4 is 23.2 Å². The fourth-order valence-corrected chi connectivity index (χ4v) is 1.95. The van der Waals surface area contributed by atoms with Crippen LogP contribution in [0.3, 0.4) is 0 Å². The average molecular weight is 242 g/mol. The van der Waals surface area contributed by atoms with E-state index in [0.717, 1.165) is 0 Å². The van der Waals surface area contributed by atoms with Gasteiger partial charge in [0.05, 0.1) is 11.2 Å². The highest BCUT2D eigenvalue weighted by molar-refractivity contribution is 7.11. The van der Waals surface area contributed by atoms with Gasteiger partial charge in [0.25, 0.3) is 5.91 Å². The molecule has 0 saturated carbocycles. The molecule has 0 aliphatic heterocycles. The summed E-state index contributed by atoms with van der Waals surface area (Å²) in [5.41, 5.74) is 2.19. The van der Waals surface area contributed by atoms with Crippen molar-refractivity contribution in [2.24, 2.45) is 5.92 Å². The summed E-state index contributed by atoms with van der Waals surface area (Å²) in [6.45, 7) is 5.22. The van der Waals surface area contributed by atoms with E-state index >= 15 is 0 Å². The van der Waals surface area contributed by atoms with Gasteiger partial charge in [-0.15, -0.1) is 11.3 Å². The van der Waals surface area contributed by atoms with Gasteiger partial charge in [-0.25, -0.2) is 9.78 Å². The van der Waals surface area contributed by atoms with E-state index in [-0.39, 0.29) is 11.8 Å². The van der Waals surface area contributed by atoms with Crippen molar-refractivity contribution < 1.29 is 14.7 Å². The van der Waals surface area contributed by atoms with Gasteiger partial charge in [0.15, 0.2) is 0 Å². The van der Waals surface area contributed by atoms with E-state index in [4.69, 9.17) is 5.11 Å². The topological polar surface area (TPSA) is 79.3 Å². The van der Waals surface area contributed by atoms with E-state index in [0.29, 0.717) is 10.6 Å². The second kappa shape index (κ2) is 5.07. The van der Waals surface area contributed by atoms with Gasteiger partial charge >= 0.3 is 5.97 Å². The molecule has 1 aromatic heterocycles. The van der Waals surface area contributed by atoms with E-state index in [1.165, 1.54) is 11.3 Å². The van der Waals surface area contributed by atoms with Gasteiger partial charge in [0, 0.05) is 0 Å². The predicted molar refractivity (Wildman–Crippen MR) is 60.6 cm³/mol. The van der Waals surface area contributed by atoms with Crippen molar-refractivity contribution in [3.05, 3.63) is 16.1 Å². The van der Waals surface area contributed by atoms with Crippen LogP contribution in [0.15, 0.2) is 5.51 Å².